The summed E-state index contributed by atoms with van der Waals surface area (Å²) in [6, 6.07) is 0. The molecule has 0 aromatic heterocycles. The van der Waals surface area contributed by atoms with E-state index in [-0.39, 0.29) is 25.7 Å². The van der Waals surface area contributed by atoms with Crippen molar-refractivity contribution in [2.75, 3.05) is 39.6 Å². The van der Waals surface area contributed by atoms with E-state index in [2.05, 4.69) is 34.6 Å². The predicted octanol–water partition coefficient (Wildman–Crippen LogP) is 19.0. The molecule has 3 unspecified atom stereocenters. The third kappa shape index (κ3) is 59.7. The molecule has 0 aliphatic rings. The van der Waals surface area contributed by atoms with Crippen LogP contribution in [0.15, 0.2) is 0 Å². The number of phosphoric acid groups is 2. The van der Waals surface area contributed by atoms with E-state index in [1.807, 2.05) is 0 Å². The minimum atomic E-state index is -4.95. The first kappa shape index (κ1) is 84.1. The van der Waals surface area contributed by atoms with Crippen LogP contribution < -0.4 is 0 Å². The highest BCUT2D eigenvalue weighted by atomic mass is 31.2. The quantitative estimate of drug-likeness (QED) is 0.0222. The SMILES string of the molecule is CCCCCCCCCCCCCCCCCCC(=O)O[C@H](COC(=O)CCCCCCCCCCCCCCC)COP(=O)(O)OC[C@@H](O)COP(=O)(O)OC[C@@H](COC(=O)CCCCCCCCC)OC(=O)CCCCCCCCC(C)CC. The summed E-state index contributed by atoms with van der Waals surface area (Å²) in [4.78, 5) is 72.3. The first-order valence-electron chi connectivity index (χ1n) is 35.2. The predicted molar refractivity (Wildman–Crippen MR) is 345 cm³/mol. The van der Waals surface area contributed by atoms with Gasteiger partial charge in [-0.3, -0.25) is 37.3 Å². The molecule has 0 radical (unpaired) electrons. The molecular weight excluding hydrogens is 1140 g/mol. The summed E-state index contributed by atoms with van der Waals surface area (Å²) in [6.07, 6.45) is 45.9. The molecule has 3 N–H and O–H groups in total. The molecule has 510 valence electrons. The average Bonchev–Trinajstić information content (AvgIpc) is 3.65. The van der Waals surface area contributed by atoms with Crippen molar-refractivity contribution in [3.63, 3.8) is 0 Å². The molecule has 0 aliphatic heterocycles. The molecule has 0 amide bonds. The molecule has 19 heteroatoms. The van der Waals surface area contributed by atoms with E-state index in [1.165, 1.54) is 154 Å². The largest absolute Gasteiger partial charge is 0.472 e. The Morgan fingerprint density at radius 2 is 0.558 bits per heavy atom. The lowest BCUT2D eigenvalue weighted by Crippen LogP contribution is -2.30. The highest BCUT2D eigenvalue weighted by Gasteiger charge is 2.30. The number of esters is 4. The topological polar surface area (TPSA) is 237 Å². The Morgan fingerprint density at radius 1 is 0.326 bits per heavy atom. The van der Waals surface area contributed by atoms with Crippen LogP contribution in [0.1, 0.15) is 343 Å². The summed E-state index contributed by atoms with van der Waals surface area (Å²) < 4.78 is 68.0. The molecule has 0 rings (SSSR count). The van der Waals surface area contributed by atoms with E-state index in [9.17, 15) is 43.2 Å². The van der Waals surface area contributed by atoms with E-state index in [0.29, 0.717) is 25.7 Å². The summed E-state index contributed by atoms with van der Waals surface area (Å²) in [6.45, 7) is 7.14. The lowest BCUT2D eigenvalue weighted by molar-refractivity contribution is -0.161. The molecule has 0 saturated carbocycles. The first-order chi connectivity index (χ1) is 41.6. The number of aliphatic hydroxyl groups excluding tert-OH is 1. The van der Waals surface area contributed by atoms with E-state index < -0.39 is 97.5 Å². The van der Waals surface area contributed by atoms with Crippen LogP contribution in [0.2, 0.25) is 0 Å². The Labute approximate surface area is 524 Å². The number of hydrogen-bond acceptors (Lipinski definition) is 15. The first-order valence-corrected chi connectivity index (χ1v) is 38.2. The van der Waals surface area contributed by atoms with Gasteiger partial charge in [0.15, 0.2) is 12.2 Å². The third-order valence-electron chi connectivity index (χ3n) is 15.9. The van der Waals surface area contributed by atoms with Crippen LogP contribution in [-0.4, -0.2) is 96.7 Å². The number of phosphoric ester groups is 2. The molecule has 17 nitrogen and oxygen atoms in total. The van der Waals surface area contributed by atoms with Gasteiger partial charge in [-0.2, -0.15) is 0 Å². The van der Waals surface area contributed by atoms with Gasteiger partial charge in [0.2, 0.25) is 0 Å². The molecular formula is C67H130O17P2. The Bertz CT molecular complexity index is 1670. The third-order valence-corrected chi connectivity index (χ3v) is 17.8. The zero-order valence-electron chi connectivity index (χ0n) is 55.4. The number of aliphatic hydroxyl groups is 1. The van der Waals surface area contributed by atoms with Crippen molar-refractivity contribution in [1.29, 1.82) is 0 Å². The molecule has 0 fully saturated rings. The lowest BCUT2D eigenvalue weighted by Gasteiger charge is -2.21. The van der Waals surface area contributed by atoms with E-state index in [1.54, 1.807) is 0 Å². The van der Waals surface area contributed by atoms with Crippen molar-refractivity contribution in [3.8, 4) is 0 Å². The summed E-state index contributed by atoms with van der Waals surface area (Å²) in [5.74, 6) is -1.41. The van der Waals surface area contributed by atoms with Gasteiger partial charge in [0, 0.05) is 25.7 Å². The van der Waals surface area contributed by atoms with Gasteiger partial charge >= 0.3 is 39.5 Å². The van der Waals surface area contributed by atoms with Crippen molar-refractivity contribution in [3.05, 3.63) is 0 Å². The van der Waals surface area contributed by atoms with Crippen LogP contribution in [-0.2, 0) is 65.4 Å². The molecule has 0 spiro atoms. The maximum atomic E-state index is 13.0. The minimum Gasteiger partial charge on any atom is -0.462 e. The van der Waals surface area contributed by atoms with Gasteiger partial charge in [0.05, 0.1) is 26.4 Å². The summed E-state index contributed by atoms with van der Waals surface area (Å²) >= 11 is 0. The molecule has 0 heterocycles. The van der Waals surface area contributed by atoms with Crippen molar-refractivity contribution in [1.82, 2.24) is 0 Å². The standard InChI is InChI=1S/C67H130O17P2/c1-6-10-13-16-19-21-23-25-26-27-29-31-33-36-42-47-52-66(71)83-62(57-78-65(70)51-46-41-35-32-30-28-24-22-20-17-14-11-7-2)58-81-85(73,74)79-54-61(68)55-80-86(75,76)82-59-63(56-77-64(69)50-45-40-34-18-15-12-8-3)84-67(72)53-48-43-38-37-39-44-49-60(5)9-4/h60-63,68H,6-59H2,1-5H3,(H,73,74)(H,75,76)/t60?,61-,62-,63-/m1/s1. The van der Waals surface area contributed by atoms with Gasteiger partial charge in [0.1, 0.15) is 19.3 Å². The maximum absolute atomic E-state index is 13.0. The van der Waals surface area contributed by atoms with Crippen LogP contribution in [0.3, 0.4) is 0 Å². The average molecular weight is 1270 g/mol. The van der Waals surface area contributed by atoms with Crippen molar-refractivity contribution in [2.24, 2.45) is 5.92 Å². The highest BCUT2D eigenvalue weighted by Crippen LogP contribution is 2.45. The Morgan fingerprint density at radius 3 is 0.826 bits per heavy atom. The second-order valence-electron chi connectivity index (χ2n) is 24.5. The Balaban J connectivity index is 5.21. The molecule has 86 heavy (non-hydrogen) atoms. The number of carbonyl (C=O) groups excluding carboxylic acids is 4. The fourth-order valence-corrected chi connectivity index (χ4v) is 11.7. The molecule has 0 saturated heterocycles. The van der Waals surface area contributed by atoms with Crippen LogP contribution in [0.5, 0.6) is 0 Å². The second kappa shape index (κ2) is 60.6. The van der Waals surface area contributed by atoms with E-state index in [0.717, 1.165) is 109 Å². The van der Waals surface area contributed by atoms with Crippen LogP contribution in [0.4, 0.5) is 0 Å². The molecule has 0 aromatic rings. The highest BCUT2D eigenvalue weighted by molar-refractivity contribution is 7.47. The second-order valence-corrected chi connectivity index (χ2v) is 27.4. The zero-order chi connectivity index (χ0) is 63.5. The number of carbonyl (C=O) groups is 4. The Kier molecular flexibility index (Phi) is 59.2. The molecule has 0 bridgehead atoms. The summed E-state index contributed by atoms with van der Waals surface area (Å²) in [5, 5.41) is 10.5. The molecule has 6 atom stereocenters. The van der Waals surface area contributed by atoms with Crippen LogP contribution >= 0.6 is 15.6 Å². The van der Waals surface area contributed by atoms with Gasteiger partial charge in [-0.15, -0.1) is 0 Å². The zero-order valence-corrected chi connectivity index (χ0v) is 57.2. The normalized spacial score (nSPS) is 14.5. The number of rotatable bonds is 67. The van der Waals surface area contributed by atoms with E-state index >= 15 is 0 Å². The minimum absolute atomic E-state index is 0.103. The number of hydrogen-bond donors (Lipinski definition) is 3. The fraction of sp³-hybridized carbons (Fsp3) is 0.940. The van der Waals surface area contributed by atoms with Crippen LogP contribution in [0, 0.1) is 5.92 Å². The lowest BCUT2D eigenvalue weighted by atomic mass is 10.00. The summed E-state index contributed by atoms with van der Waals surface area (Å²) in [7, 11) is -9.89. The van der Waals surface area contributed by atoms with Crippen molar-refractivity contribution >= 4 is 39.5 Å². The van der Waals surface area contributed by atoms with Gasteiger partial charge in [-0.05, 0) is 31.6 Å². The van der Waals surface area contributed by atoms with Gasteiger partial charge in [0.25, 0.3) is 0 Å². The number of ether oxygens (including phenoxy) is 4. The van der Waals surface area contributed by atoms with Crippen LogP contribution in [0.25, 0.3) is 0 Å². The smallest absolute Gasteiger partial charge is 0.462 e. The Hall–Kier alpha value is -1.94. The molecule has 0 aromatic carbocycles. The fourth-order valence-electron chi connectivity index (χ4n) is 10.1. The molecule has 0 aliphatic carbocycles. The van der Waals surface area contributed by atoms with Crippen molar-refractivity contribution < 1.29 is 80.2 Å². The monoisotopic (exact) mass is 1270 g/mol. The maximum Gasteiger partial charge on any atom is 0.472 e. The van der Waals surface area contributed by atoms with E-state index in [4.69, 9.17) is 37.0 Å². The van der Waals surface area contributed by atoms with Gasteiger partial charge in [-0.1, -0.05) is 291 Å². The number of unbranched alkanes of at least 4 members (excludes halogenated alkanes) is 38. The summed E-state index contributed by atoms with van der Waals surface area (Å²) in [5.41, 5.74) is 0. The van der Waals surface area contributed by atoms with Crippen molar-refractivity contribution in [2.45, 2.75) is 361 Å². The van der Waals surface area contributed by atoms with Gasteiger partial charge < -0.3 is 33.8 Å². The van der Waals surface area contributed by atoms with Gasteiger partial charge in [-0.25, -0.2) is 9.13 Å².